The van der Waals surface area contributed by atoms with Crippen molar-refractivity contribution in [3.8, 4) is 5.75 Å². The minimum atomic E-state index is 0.388. The topological polar surface area (TPSA) is 32.3 Å². The first kappa shape index (κ1) is 10.8. The Morgan fingerprint density at radius 3 is 3.06 bits per heavy atom. The van der Waals surface area contributed by atoms with Crippen LogP contribution in [0, 0.1) is 0 Å². The molecular weight excluding hydrogens is 230 g/mol. The molecule has 1 aliphatic rings. The Balaban J connectivity index is 1.73. The van der Waals surface area contributed by atoms with Gasteiger partial charge in [0.2, 0.25) is 0 Å². The van der Waals surface area contributed by atoms with Crippen molar-refractivity contribution in [2.75, 3.05) is 0 Å². The molecule has 2 nitrogen and oxygen atoms in total. The number of thiophene rings is 1. The summed E-state index contributed by atoms with van der Waals surface area (Å²) in [4.78, 5) is 1.36. The largest absolute Gasteiger partial charge is 0.508 e. The molecule has 0 aliphatic heterocycles. The predicted octanol–water partition coefficient (Wildman–Crippen LogP) is 3.23. The monoisotopic (exact) mass is 245 g/mol. The van der Waals surface area contributed by atoms with Crippen molar-refractivity contribution >= 4 is 11.3 Å². The van der Waals surface area contributed by atoms with Crippen molar-refractivity contribution in [1.82, 2.24) is 5.32 Å². The van der Waals surface area contributed by atoms with Gasteiger partial charge in [0.05, 0.1) is 0 Å². The Hall–Kier alpha value is -1.32. The number of hydrogen-bond acceptors (Lipinski definition) is 3. The fourth-order valence-corrected chi connectivity index (χ4v) is 3.14. The zero-order chi connectivity index (χ0) is 11.7. The van der Waals surface area contributed by atoms with Crippen LogP contribution in [0.2, 0.25) is 0 Å². The Kier molecular flexibility index (Phi) is 2.87. The van der Waals surface area contributed by atoms with E-state index in [2.05, 4.69) is 28.9 Å². The van der Waals surface area contributed by atoms with Gasteiger partial charge in [-0.3, -0.25) is 0 Å². The number of rotatable bonds is 3. The van der Waals surface area contributed by atoms with E-state index in [0.29, 0.717) is 11.8 Å². The van der Waals surface area contributed by atoms with Crippen LogP contribution in [0.4, 0.5) is 0 Å². The normalized spacial score (nSPS) is 18.2. The molecule has 3 rings (SSSR count). The van der Waals surface area contributed by atoms with E-state index in [-0.39, 0.29) is 0 Å². The van der Waals surface area contributed by atoms with Crippen LogP contribution >= 0.6 is 11.3 Å². The molecule has 0 spiro atoms. The summed E-state index contributed by atoms with van der Waals surface area (Å²) in [5.74, 6) is 0.447. The number of hydrogen-bond donors (Lipinski definition) is 2. The first-order valence-corrected chi connectivity index (χ1v) is 6.79. The van der Waals surface area contributed by atoms with Gasteiger partial charge in [0.15, 0.2) is 0 Å². The molecule has 1 aromatic heterocycles. The summed E-state index contributed by atoms with van der Waals surface area (Å²) < 4.78 is 0. The molecule has 17 heavy (non-hydrogen) atoms. The van der Waals surface area contributed by atoms with E-state index in [0.717, 1.165) is 24.9 Å². The van der Waals surface area contributed by atoms with Crippen LogP contribution in [0.5, 0.6) is 5.75 Å². The third kappa shape index (κ3) is 2.08. The lowest BCUT2D eigenvalue weighted by Gasteiger charge is -2.13. The van der Waals surface area contributed by atoms with Gasteiger partial charge in [0, 0.05) is 17.5 Å². The van der Waals surface area contributed by atoms with Gasteiger partial charge in [0.25, 0.3) is 0 Å². The molecule has 1 heterocycles. The summed E-state index contributed by atoms with van der Waals surface area (Å²) in [6.45, 7) is 0.914. The van der Waals surface area contributed by atoms with E-state index in [4.69, 9.17) is 0 Å². The maximum Gasteiger partial charge on any atom is 0.119 e. The van der Waals surface area contributed by atoms with Gasteiger partial charge in [0.1, 0.15) is 5.75 Å². The molecule has 88 valence electrons. The van der Waals surface area contributed by atoms with E-state index >= 15 is 0 Å². The van der Waals surface area contributed by atoms with Crippen LogP contribution < -0.4 is 5.32 Å². The number of benzene rings is 1. The first-order valence-electron chi connectivity index (χ1n) is 5.91. The molecule has 0 saturated heterocycles. The van der Waals surface area contributed by atoms with Crippen molar-refractivity contribution in [2.24, 2.45) is 0 Å². The van der Waals surface area contributed by atoms with E-state index in [9.17, 15) is 5.11 Å². The predicted molar refractivity (Wildman–Crippen MR) is 70.3 cm³/mol. The third-order valence-corrected chi connectivity index (χ3v) is 4.23. The molecular formula is C14H15NOS. The van der Waals surface area contributed by atoms with Crippen LogP contribution in [-0.4, -0.2) is 5.11 Å². The molecule has 1 atom stereocenters. The molecule has 0 radical (unpaired) electrons. The average molecular weight is 245 g/mol. The number of fused-ring (bicyclic) bond motifs is 1. The first-order chi connectivity index (χ1) is 8.34. The Morgan fingerprint density at radius 1 is 1.29 bits per heavy atom. The molecule has 3 heteroatoms. The summed E-state index contributed by atoms with van der Waals surface area (Å²) >= 11 is 1.78. The van der Waals surface area contributed by atoms with Crippen LogP contribution in [0.15, 0.2) is 35.7 Å². The standard InChI is InChI=1S/C14H15NOS/c16-14-5-1-4-11-12(14)6-7-13(11)15-9-10-3-2-8-17-10/h1-5,8,13,15-16H,6-7,9H2. The van der Waals surface area contributed by atoms with Crippen molar-refractivity contribution in [3.05, 3.63) is 51.7 Å². The van der Waals surface area contributed by atoms with Gasteiger partial charge < -0.3 is 10.4 Å². The molecule has 0 amide bonds. The highest BCUT2D eigenvalue weighted by Gasteiger charge is 2.23. The van der Waals surface area contributed by atoms with Crippen LogP contribution in [0.25, 0.3) is 0 Å². The maximum atomic E-state index is 9.78. The molecule has 0 bridgehead atoms. The summed E-state index contributed by atoms with van der Waals surface area (Å²) in [5, 5.41) is 15.4. The molecule has 1 unspecified atom stereocenters. The summed E-state index contributed by atoms with van der Waals surface area (Å²) in [7, 11) is 0. The Morgan fingerprint density at radius 2 is 2.24 bits per heavy atom. The van der Waals surface area contributed by atoms with E-state index in [1.807, 2.05) is 6.07 Å². The van der Waals surface area contributed by atoms with E-state index in [1.165, 1.54) is 10.4 Å². The zero-order valence-corrected chi connectivity index (χ0v) is 10.3. The minimum absolute atomic E-state index is 0.388. The molecule has 1 aromatic carbocycles. The number of phenolic OH excluding ortho intramolecular Hbond substituents is 1. The molecule has 0 fully saturated rings. The molecule has 2 aromatic rings. The van der Waals surface area contributed by atoms with Crippen LogP contribution in [0.3, 0.4) is 0 Å². The molecule has 1 aliphatic carbocycles. The fraction of sp³-hybridized carbons (Fsp3) is 0.286. The van der Waals surface area contributed by atoms with Crippen molar-refractivity contribution in [2.45, 2.75) is 25.4 Å². The maximum absolute atomic E-state index is 9.78. The lowest BCUT2D eigenvalue weighted by atomic mass is 10.1. The van der Waals surface area contributed by atoms with Crippen molar-refractivity contribution < 1.29 is 5.11 Å². The SMILES string of the molecule is Oc1cccc2c1CCC2NCc1cccs1. The Bertz CT molecular complexity index is 507. The second-order valence-corrected chi connectivity index (χ2v) is 5.43. The zero-order valence-electron chi connectivity index (χ0n) is 9.52. The van der Waals surface area contributed by atoms with Gasteiger partial charge in [-0.25, -0.2) is 0 Å². The summed E-state index contributed by atoms with van der Waals surface area (Å²) in [6.07, 6.45) is 2.06. The van der Waals surface area contributed by atoms with Crippen molar-refractivity contribution in [3.63, 3.8) is 0 Å². The number of phenols is 1. The van der Waals surface area contributed by atoms with Crippen LogP contribution in [0.1, 0.15) is 28.5 Å². The van der Waals surface area contributed by atoms with Gasteiger partial charge in [-0.1, -0.05) is 18.2 Å². The lowest BCUT2D eigenvalue weighted by Crippen LogP contribution is -2.17. The minimum Gasteiger partial charge on any atom is -0.508 e. The summed E-state index contributed by atoms with van der Waals surface area (Å²) in [6, 6.07) is 10.4. The molecule has 0 saturated carbocycles. The lowest BCUT2D eigenvalue weighted by molar-refractivity contribution is 0.469. The van der Waals surface area contributed by atoms with Gasteiger partial charge in [-0.2, -0.15) is 0 Å². The number of aromatic hydroxyl groups is 1. The van der Waals surface area contributed by atoms with Gasteiger partial charge >= 0.3 is 0 Å². The van der Waals surface area contributed by atoms with E-state index in [1.54, 1.807) is 17.4 Å². The van der Waals surface area contributed by atoms with Crippen molar-refractivity contribution in [1.29, 1.82) is 0 Å². The van der Waals surface area contributed by atoms with E-state index < -0.39 is 0 Å². The average Bonchev–Trinajstić information content (AvgIpc) is 2.95. The molecule has 2 N–H and O–H groups in total. The van der Waals surface area contributed by atoms with Crippen LogP contribution in [-0.2, 0) is 13.0 Å². The van der Waals surface area contributed by atoms with Gasteiger partial charge in [-0.15, -0.1) is 11.3 Å². The van der Waals surface area contributed by atoms with Gasteiger partial charge in [-0.05, 0) is 41.5 Å². The third-order valence-electron chi connectivity index (χ3n) is 3.35. The smallest absolute Gasteiger partial charge is 0.119 e. The summed E-state index contributed by atoms with van der Waals surface area (Å²) in [5.41, 5.74) is 2.39. The fourth-order valence-electron chi connectivity index (χ4n) is 2.48. The highest BCUT2D eigenvalue weighted by Crippen LogP contribution is 2.36. The number of nitrogens with one attached hydrogen (secondary N) is 1. The second-order valence-electron chi connectivity index (χ2n) is 4.40. The highest BCUT2D eigenvalue weighted by molar-refractivity contribution is 7.09. The Labute approximate surface area is 105 Å². The highest BCUT2D eigenvalue weighted by atomic mass is 32.1. The second kappa shape index (κ2) is 4.51. The quantitative estimate of drug-likeness (QED) is 0.870.